The van der Waals surface area contributed by atoms with Gasteiger partial charge in [0.1, 0.15) is 11.6 Å². The molecule has 1 atom stereocenters. The molecule has 0 saturated heterocycles. The van der Waals surface area contributed by atoms with Gasteiger partial charge in [0.2, 0.25) is 0 Å². The summed E-state index contributed by atoms with van der Waals surface area (Å²) in [6.07, 6.45) is 1.61. The van der Waals surface area contributed by atoms with Gasteiger partial charge in [-0.1, -0.05) is 13.8 Å². The highest BCUT2D eigenvalue weighted by Gasteiger charge is 2.02. The Morgan fingerprint density at radius 3 is 2.93 bits per heavy atom. The highest BCUT2D eigenvalue weighted by Crippen LogP contribution is 1.99. The lowest BCUT2D eigenvalue weighted by atomic mass is 10.2. The van der Waals surface area contributed by atoms with Crippen molar-refractivity contribution in [2.45, 2.75) is 32.7 Å². The Labute approximate surface area is 89.1 Å². The molecule has 4 N–H and O–H groups in total. The summed E-state index contributed by atoms with van der Waals surface area (Å²) < 4.78 is 0. The Kier molecular flexibility index (Phi) is 4.30. The number of hydrogen-bond acceptors (Lipinski definition) is 4. The van der Waals surface area contributed by atoms with Gasteiger partial charge in [-0.25, -0.2) is 4.98 Å². The van der Waals surface area contributed by atoms with E-state index in [0.717, 1.165) is 6.42 Å². The van der Waals surface area contributed by atoms with Crippen molar-refractivity contribution in [3.05, 3.63) is 22.2 Å². The number of anilines is 1. The van der Waals surface area contributed by atoms with E-state index in [1.165, 1.54) is 6.07 Å². The minimum absolute atomic E-state index is 0.0937. The lowest BCUT2D eigenvalue weighted by Crippen LogP contribution is -2.29. The van der Waals surface area contributed by atoms with Crippen LogP contribution in [0.2, 0.25) is 0 Å². The minimum Gasteiger partial charge on any atom is -0.368 e. The molecule has 0 saturated carbocycles. The first-order valence-electron chi connectivity index (χ1n) is 5.25. The molecular weight excluding hydrogens is 192 g/mol. The summed E-state index contributed by atoms with van der Waals surface area (Å²) in [6.45, 7) is 4.60. The molecule has 5 heteroatoms. The second-order valence-electron chi connectivity index (χ2n) is 3.48. The molecule has 0 bridgehead atoms. The van der Waals surface area contributed by atoms with Gasteiger partial charge in [-0.3, -0.25) is 4.79 Å². The third-order valence-corrected chi connectivity index (χ3v) is 2.20. The molecule has 1 unspecified atom stereocenters. The van der Waals surface area contributed by atoms with Crippen LogP contribution >= 0.6 is 0 Å². The van der Waals surface area contributed by atoms with Gasteiger partial charge >= 0.3 is 0 Å². The SMILES string of the molecule is CCc1nc(NCC(N)CC)cc(=O)[nH]1. The zero-order valence-corrected chi connectivity index (χ0v) is 9.21. The van der Waals surface area contributed by atoms with E-state index in [0.29, 0.717) is 24.6 Å². The number of hydrogen-bond donors (Lipinski definition) is 3. The second-order valence-corrected chi connectivity index (χ2v) is 3.48. The molecule has 0 fully saturated rings. The summed E-state index contributed by atoms with van der Waals surface area (Å²) in [7, 11) is 0. The van der Waals surface area contributed by atoms with E-state index in [1.54, 1.807) is 0 Å². The predicted molar refractivity (Wildman–Crippen MR) is 61.0 cm³/mol. The maximum absolute atomic E-state index is 11.2. The number of nitrogens with two attached hydrogens (primary N) is 1. The van der Waals surface area contributed by atoms with Crippen molar-refractivity contribution in [1.29, 1.82) is 0 Å². The molecule has 1 rings (SSSR count). The van der Waals surface area contributed by atoms with Crippen LogP contribution < -0.4 is 16.6 Å². The lowest BCUT2D eigenvalue weighted by molar-refractivity contribution is 0.677. The van der Waals surface area contributed by atoms with E-state index in [1.807, 2.05) is 13.8 Å². The Balaban J connectivity index is 2.68. The number of aryl methyl sites for hydroxylation is 1. The number of rotatable bonds is 5. The normalized spacial score (nSPS) is 12.5. The van der Waals surface area contributed by atoms with Crippen LogP contribution in [0.3, 0.4) is 0 Å². The quantitative estimate of drug-likeness (QED) is 0.660. The van der Waals surface area contributed by atoms with Crippen LogP contribution in [0.5, 0.6) is 0 Å². The highest BCUT2D eigenvalue weighted by atomic mass is 16.1. The average Bonchev–Trinajstić information content (AvgIpc) is 2.25. The lowest BCUT2D eigenvalue weighted by Gasteiger charge is -2.10. The molecular formula is C10H18N4O. The van der Waals surface area contributed by atoms with E-state index in [-0.39, 0.29) is 11.6 Å². The molecule has 0 spiro atoms. The highest BCUT2D eigenvalue weighted by molar-refractivity contribution is 5.33. The van der Waals surface area contributed by atoms with Crippen LogP contribution in [-0.4, -0.2) is 22.6 Å². The minimum atomic E-state index is -0.130. The average molecular weight is 210 g/mol. The van der Waals surface area contributed by atoms with Crippen LogP contribution in [0.15, 0.2) is 10.9 Å². The van der Waals surface area contributed by atoms with Crippen LogP contribution in [0.4, 0.5) is 5.82 Å². The first-order chi connectivity index (χ1) is 7.15. The van der Waals surface area contributed by atoms with Gasteiger partial charge in [-0.15, -0.1) is 0 Å². The van der Waals surface area contributed by atoms with Gasteiger partial charge in [0.15, 0.2) is 0 Å². The smallest absolute Gasteiger partial charge is 0.252 e. The molecule has 0 aliphatic carbocycles. The van der Waals surface area contributed by atoms with Crippen molar-refractivity contribution in [2.75, 3.05) is 11.9 Å². The Bertz CT molecular complexity index is 361. The molecule has 15 heavy (non-hydrogen) atoms. The van der Waals surface area contributed by atoms with Gasteiger partial charge in [0, 0.05) is 25.1 Å². The van der Waals surface area contributed by atoms with E-state index < -0.39 is 0 Å². The fourth-order valence-electron chi connectivity index (χ4n) is 1.15. The number of aromatic nitrogens is 2. The summed E-state index contributed by atoms with van der Waals surface area (Å²) in [5.74, 6) is 1.29. The molecule has 5 nitrogen and oxygen atoms in total. The largest absolute Gasteiger partial charge is 0.368 e. The Hall–Kier alpha value is -1.36. The van der Waals surface area contributed by atoms with Crippen LogP contribution in [-0.2, 0) is 6.42 Å². The molecule has 0 aliphatic rings. The fourth-order valence-corrected chi connectivity index (χ4v) is 1.15. The third kappa shape index (κ3) is 3.71. The van der Waals surface area contributed by atoms with Crippen LogP contribution in [0, 0.1) is 0 Å². The standard InChI is InChI=1S/C10H18N4O/c1-3-7(11)6-12-9-5-10(15)14-8(4-2)13-9/h5,7H,3-4,6,11H2,1-2H3,(H2,12,13,14,15). The first kappa shape index (κ1) is 11.7. The van der Waals surface area contributed by atoms with Crippen molar-refractivity contribution in [2.24, 2.45) is 5.73 Å². The maximum Gasteiger partial charge on any atom is 0.252 e. The van der Waals surface area contributed by atoms with Gasteiger partial charge < -0.3 is 16.0 Å². The Morgan fingerprint density at radius 1 is 1.60 bits per heavy atom. The summed E-state index contributed by atoms with van der Waals surface area (Å²) in [5, 5.41) is 3.05. The van der Waals surface area contributed by atoms with Crippen LogP contribution in [0.25, 0.3) is 0 Å². The molecule has 1 aromatic heterocycles. The van der Waals surface area contributed by atoms with E-state index >= 15 is 0 Å². The first-order valence-corrected chi connectivity index (χ1v) is 5.25. The predicted octanol–water partition coefficient (Wildman–Crippen LogP) is 0.481. The van der Waals surface area contributed by atoms with E-state index in [2.05, 4.69) is 15.3 Å². The van der Waals surface area contributed by atoms with Crippen LogP contribution in [0.1, 0.15) is 26.1 Å². The molecule has 1 aromatic rings. The zero-order valence-electron chi connectivity index (χ0n) is 9.21. The molecule has 0 amide bonds. The monoisotopic (exact) mass is 210 g/mol. The van der Waals surface area contributed by atoms with Gasteiger partial charge in [0.25, 0.3) is 5.56 Å². The van der Waals surface area contributed by atoms with Crippen molar-refractivity contribution < 1.29 is 0 Å². The summed E-state index contributed by atoms with van der Waals surface area (Å²) in [4.78, 5) is 18.1. The van der Waals surface area contributed by atoms with E-state index in [4.69, 9.17) is 5.73 Å². The third-order valence-electron chi connectivity index (χ3n) is 2.20. The fraction of sp³-hybridized carbons (Fsp3) is 0.600. The van der Waals surface area contributed by atoms with Crippen molar-refractivity contribution in [3.8, 4) is 0 Å². The van der Waals surface area contributed by atoms with Gasteiger partial charge in [-0.2, -0.15) is 0 Å². The van der Waals surface area contributed by atoms with E-state index in [9.17, 15) is 4.79 Å². The van der Waals surface area contributed by atoms with Crippen molar-refractivity contribution >= 4 is 5.82 Å². The molecule has 0 aromatic carbocycles. The van der Waals surface area contributed by atoms with Gasteiger partial charge in [0.05, 0.1) is 0 Å². The summed E-state index contributed by atoms with van der Waals surface area (Å²) >= 11 is 0. The van der Waals surface area contributed by atoms with Crippen molar-refractivity contribution in [3.63, 3.8) is 0 Å². The number of nitrogens with one attached hydrogen (secondary N) is 2. The molecule has 0 aliphatic heterocycles. The molecule has 1 heterocycles. The zero-order chi connectivity index (χ0) is 11.3. The second kappa shape index (κ2) is 5.50. The maximum atomic E-state index is 11.2. The van der Waals surface area contributed by atoms with Gasteiger partial charge in [-0.05, 0) is 6.42 Å². The topological polar surface area (TPSA) is 83.8 Å². The Morgan fingerprint density at radius 2 is 2.33 bits per heavy atom. The molecule has 84 valence electrons. The summed E-state index contributed by atoms with van der Waals surface area (Å²) in [5.41, 5.74) is 5.62. The molecule has 0 radical (unpaired) electrons. The number of nitrogens with zero attached hydrogens (tertiary/aromatic N) is 1. The summed E-state index contributed by atoms with van der Waals surface area (Å²) in [6, 6.07) is 1.54. The number of aromatic amines is 1. The number of H-pyrrole nitrogens is 1. The van der Waals surface area contributed by atoms with Crippen molar-refractivity contribution in [1.82, 2.24) is 9.97 Å².